The van der Waals surface area contributed by atoms with Crippen molar-refractivity contribution in [3.8, 4) is 0 Å². The first kappa shape index (κ1) is 13.2. The maximum atomic E-state index is 14.1. The first-order chi connectivity index (χ1) is 8.58. The lowest BCUT2D eigenvalue weighted by atomic mass is 10.1. The van der Waals surface area contributed by atoms with E-state index < -0.39 is 0 Å². The molecular weight excluding hydrogens is 297 g/mol. The Hall–Kier alpha value is -1.20. The van der Waals surface area contributed by atoms with Gasteiger partial charge in [-0.15, -0.1) is 0 Å². The molecule has 0 aliphatic heterocycles. The highest BCUT2D eigenvalue weighted by atomic mass is 79.9. The molecule has 0 fully saturated rings. The van der Waals surface area contributed by atoms with Crippen LogP contribution in [0.1, 0.15) is 24.5 Å². The fourth-order valence-electron chi connectivity index (χ4n) is 2.06. The maximum absolute atomic E-state index is 14.1. The molecule has 0 bridgehead atoms. The molecule has 5 heteroatoms. The van der Waals surface area contributed by atoms with E-state index in [1.54, 1.807) is 6.07 Å². The number of anilines is 1. The molecule has 1 aromatic carbocycles. The molecule has 0 aliphatic rings. The van der Waals surface area contributed by atoms with Gasteiger partial charge in [0, 0.05) is 5.39 Å². The van der Waals surface area contributed by atoms with Gasteiger partial charge in [-0.25, -0.2) is 15.2 Å². The molecule has 1 heterocycles. The molecule has 3 N–H and O–H groups in total. The van der Waals surface area contributed by atoms with Crippen LogP contribution in [0.25, 0.3) is 10.9 Å². The van der Waals surface area contributed by atoms with E-state index in [2.05, 4.69) is 33.3 Å². The molecule has 0 spiro atoms. The van der Waals surface area contributed by atoms with Crippen molar-refractivity contribution < 1.29 is 4.39 Å². The van der Waals surface area contributed by atoms with Gasteiger partial charge in [0.05, 0.1) is 9.99 Å². The molecular formula is C13H15BrFN3. The van der Waals surface area contributed by atoms with E-state index in [0.717, 1.165) is 24.0 Å². The molecule has 0 aliphatic carbocycles. The lowest BCUT2D eigenvalue weighted by Gasteiger charge is -2.12. The quantitative estimate of drug-likeness (QED) is 0.671. The number of nitrogens with zero attached hydrogens (tertiary/aromatic N) is 1. The van der Waals surface area contributed by atoms with Crippen LogP contribution in [0.4, 0.5) is 10.2 Å². The van der Waals surface area contributed by atoms with Gasteiger partial charge in [0.1, 0.15) is 11.6 Å². The van der Waals surface area contributed by atoms with Crippen LogP contribution >= 0.6 is 15.9 Å². The molecule has 96 valence electrons. The summed E-state index contributed by atoms with van der Waals surface area (Å²) in [6.45, 7) is 3.96. The van der Waals surface area contributed by atoms with E-state index in [1.807, 2.05) is 13.0 Å². The smallest absolute Gasteiger partial charge is 0.146 e. The van der Waals surface area contributed by atoms with Crippen molar-refractivity contribution in [3.63, 3.8) is 0 Å². The van der Waals surface area contributed by atoms with Crippen LogP contribution in [0.15, 0.2) is 16.6 Å². The zero-order valence-corrected chi connectivity index (χ0v) is 11.9. The van der Waals surface area contributed by atoms with Crippen molar-refractivity contribution in [1.82, 2.24) is 4.98 Å². The highest BCUT2D eigenvalue weighted by Crippen LogP contribution is 2.30. The number of nitrogen functional groups attached to an aromatic ring is 1. The lowest BCUT2D eigenvalue weighted by Crippen LogP contribution is -2.11. The van der Waals surface area contributed by atoms with Crippen molar-refractivity contribution in [2.75, 3.05) is 5.43 Å². The van der Waals surface area contributed by atoms with Crippen molar-refractivity contribution in [2.45, 2.75) is 26.7 Å². The SMILES string of the molecule is CCCc1cc2c(F)c(Br)cc(C)c2nc1NN. The molecule has 3 nitrogen and oxygen atoms in total. The second-order valence-corrected chi connectivity index (χ2v) is 5.13. The number of aryl methyl sites for hydroxylation is 2. The summed E-state index contributed by atoms with van der Waals surface area (Å²) in [5, 5.41) is 0.532. The first-order valence-corrected chi connectivity index (χ1v) is 6.62. The molecule has 0 saturated carbocycles. The summed E-state index contributed by atoms with van der Waals surface area (Å²) in [7, 11) is 0. The number of nitrogens with one attached hydrogen (secondary N) is 1. The number of hydrazine groups is 1. The molecule has 18 heavy (non-hydrogen) atoms. The number of hydrogen-bond donors (Lipinski definition) is 2. The normalized spacial score (nSPS) is 10.9. The maximum Gasteiger partial charge on any atom is 0.146 e. The van der Waals surface area contributed by atoms with Crippen LogP contribution in [0.3, 0.4) is 0 Å². The van der Waals surface area contributed by atoms with E-state index in [-0.39, 0.29) is 5.82 Å². The Morgan fingerprint density at radius 3 is 2.78 bits per heavy atom. The van der Waals surface area contributed by atoms with Gasteiger partial charge in [0.15, 0.2) is 0 Å². The Balaban J connectivity index is 2.78. The Labute approximate surface area is 114 Å². The van der Waals surface area contributed by atoms with Crippen LogP contribution in [-0.4, -0.2) is 4.98 Å². The van der Waals surface area contributed by atoms with Crippen molar-refractivity contribution in [2.24, 2.45) is 5.84 Å². The van der Waals surface area contributed by atoms with Gasteiger partial charge in [-0.2, -0.15) is 0 Å². The second-order valence-electron chi connectivity index (χ2n) is 4.28. The van der Waals surface area contributed by atoms with Crippen LogP contribution < -0.4 is 11.3 Å². The zero-order valence-electron chi connectivity index (χ0n) is 10.3. The fourth-order valence-corrected chi connectivity index (χ4v) is 2.61. The first-order valence-electron chi connectivity index (χ1n) is 5.83. The van der Waals surface area contributed by atoms with Gasteiger partial charge >= 0.3 is 0 Å². The number of fused-ring (bicyclic) bond motifs is 1. The molecule has 2 aromatic rings. The standard InChI is InChI=1S/C13H15BrFN3/c1-3-4-8-6-9-11(15)10(14)5-7(2)12(9)17-13(8)18-16/h5-6H,3-4,16H2,1-2H3,(H,17,18). The number of nitrogens with two attached hydrogens (primary N) is 1. The van der Waals surface area contributed by atoms with Crippen molar-refractivity contribution in [3.05, 3.63) is 33.5 Å². The Morgan fingerprint density at radius 1 is 1.44 bits per heavy atom. The van der Waals surface area contributed by atoms with Crippen LogP contribution in [0.2, 0.25) is 0 Å². The van der Waals surface area contributed by atoms with Crippen LogP contribution in [-0.2, 0) is 6.42 Å². The van der Waals surface area contributed by atoms with E-state index in [1.165, 1.54) is 0 Å². The predicted molar refractivity (Wildman–Crippen MR) is 75.9 cm³/mol. The minimum absolute atomic E-state index is 0.274. The predicted octanol–water partition coefficient (Wildman–Crippen LogP) is 3.68. The van der Waals surface area contributed by atoms with Gasteiger partial charge in [-0.3, -0.25) is 0 Å². The van der Waals surface area contributed by atoms with E-state index in [0.29, 0.717) is 21.2 Å². The third-order valence-electron chi connectivity index (χ3n) is 2.92. The number of aromatic nitrogens is 1. The van der Waals surface area contributed by atoms with Gasteiger partial charge in [0.25, 0.3) is 0 Å². The fraction of sp³-hybridized carbons (Fsp3) is 0.308. The summed E-state index contributed by atoms with van der Waals surface area (Å²) >= 11 is 3.22. The van der Waals surface area contributed by atoms with E-state index in [4.69, 9.17) is 5.84 Å². The highest BCUT2D eigenvalue weighted by Gasteiger charge is 2.13. The summed E-state index contributed by atoms with van der Waals surface area (Å²) in [6.07, 6.45) is 1.77. The van der Waals surface area contributed by atoms with Crippen LogP contribution in [0, 0.1) is 12.7 Å². The third kappa shape index (κ3) is 2.20. The molecule has 0 unspecified atom stereocenters. The van der Waals surface area contributed by atoms with E-state index >= 15 is 0 Å². The Bertz CT molecular complexity index is 599. The average Bonchev–Trinajstić information content (AvgIpc) is 2.36. The highest BCUT2D eigenvalue weighted by molar-refractivity contribution is 9.10. The minimum Gasteiger partial charge on any atom is -0.308 e. The van der Waals surface area contributed by atoms with Crippen molar-refractivity contribution >= 4 is 32.7 Å². The van der Waals surface area contributed by atoms with E-state index in [9.17, 15) is 4.39 Å². The monoisotopic (exact) mass is 311 g/mol. The topological polar surface area (TPSA) is 50.9 Å². The average molecular weight is 312 g/mol. The molecule has 2 rings (SSSR count). The molecule has 1 aromatic heterocycles. The number of pyridine rings is 1. The van der Waals surface area contributed by atoms with Crippen molar-refractivity contribution in [1.29, 1.82) is 0 Å². The second kappa shape index (κ2) is 5.20. The lowest BCUT2D eigenvalue weighted by molar-refractivity contribution is 0.632. The summed E-state index contributed by atoms with van der Waals surface area (Å²) in [6, 6.07) is 3.55. The van der Waals surface area contributed by atoms with Gasteiger partial charge in [0.2, 0.25) is 0 Å². The van der Waals surface area contributed by atoms with Gasteiger partial charge in [-0.1, -0.05) is 13.3 Å². The molecule has 0 amide bonds. The zero-order chi connectivity index (χ0) is 13.3. The van der Waals surface area contributed by atoms with Gasteiger partial charge < -0.3 is 5.43 Å². The number of hydrogen-bond acceptors (Lipinski definition) is 3. The third-order valence-corrected chi connectivity index (χ3v) is 3.50. The Kier molecular flexibility index (Phi) is 3.82. The van der Waals surface area contributed by atoms with Gasteiger partial charge in [-0.05, 0) is 52.5 Å². The molecule has 0 radical (unpaired) electrons. The number of benzene rings is 1. The molecule has 0 atom stereocenters. The summed E-state index contributed by atoms with van der Waals surface area (Å²) < 4.78 is 14.6. The number of halogens is 2. The van der Waals surface area contributed by atoms with Crippen LogP contribution in [0.5, 0.6) is 0 Å². The summed E-state index contributed by atoms with van der Waals surface area (Å²) in [5.74, 6) is 5.82. The minimum atomic E-state index is -0.274. The Morgan fingerprint density at radius 2 is 2.17 bits per heavy atom. The summed E-state index contributed by atoms with van der Waals surface area (Å²) in [5.41, 5.74) is 5.08. The number of rotatable bonds is 3. The largest absolute Gasteiger partial charge is 0.308 e. The summed E-state index contributed by atoms with van der Waals surface area (Å²) in [4.78, 5) is 4.42. The molecule has 0 saturated heterocycles.